The number of nitro benzene ring substituents is 1. The predicted molar refractivity (Wildman–Crippen MR) is 78.0 cm³/mol. The van der Waals surface area contributed by atoms with Gasteiger partial charge in [-0.1, -0.05) is 13.3 Å². The van der Waals surface area contributed by atoms with E-state index in [2.05, 4.69) is 5.32 Å². The highest BCUT2D eigenvalue weighted by molar-refractivity contribution is 5.92. The van der Waals surface area contributed by atoms with Crippen LogP contribution in [0.5, 0.6) is 0 Å². The first-order chi connectivity index (χ1) is 10.1. The Morgan fingerprint density at radius 1 is 1.24 bits per heavy atom. The molecule has 0 radical (unpaired) electrons. The van der Waals surface area contributed by atoms with Gasteiger partial charge in [0.2, 0.25) is 0 Å². The molecule has 0 unspecified atom stereocenters. The molecule has 1 amide bonds. The largest absolute Gasteiger partial charge is 0.451 e. The first-order valence-corrected chi connectivity index (χ1v) is 6.74. The summed E-state index contributed by atoms with van der Waals surface area (Å²) in [6.45, 7) is 2.66. The zero-order valence-corrected chi connectivity index (χ0v) is 11.7. The monoisotopic (exact) mass is 288 g/mol. The smallest absolute Gasteiger partial charge is 0.287 e. The molecule has 0 saturated heterocycles. The highest BCUT2D eigenvalue weighted by Gasteiger charge is 2.12. The molecule has 0 atom stereocenters. The second-order valence-corrected chi connectivity index (χ2v) is 4.58. The van der Waals surface area contributed by atoms with Crippen LogP contribution in [-0.2, 0) is 0 Å². The standard InChI is InChI=1S/C15H16N2O4/c1-2-3-10-16-15(18)14-9-8-13(21-14)11-4-6-12(7-5-11)17(19)20/h4-9H,2-3,10H2,1H3,(H,16,18). The van der Waals surface area contributed by atoms with Crippen LogP contribution in [0, 0.1) is 10.1 Å². The van der Waals surface area contributed by atoms with Gasteiger partial charge in [-0.05, 0) is 30.7 Å². The Morgan fingerprint density at radius 2 is 1.95 bits per heavy atom. The number of unbranched alkanes of at least 4 members (excludes halogenated alkanes) is 1. The maximum absolute atomic E-state index is 11.8. The van der Waals surface area contributed by atoms with Crippen molar-refractivity contribution in [3.05, 3.63) is 52.3 Å². The van der Waals surface area contributed by atoms with E-state index in [1.54, 1.807) is 24.3 Å². The molecular weight excluding hydrogens is 272 g/mol. The second-order valence-electron chi connectivity index (χ2n) is 4.58. The van der Waals surface area contributed by atoms with Crippen LogP contribution in [0.2, 0.25) is 0 Å². The van der Waals surface area contributed by atoms with E-state index in [1.165, 1.54) is 12.1 Å². The van der Waals surface area contributed by atoms with Gasteiger partial charge in [0.15, 0.2) is 5.76 Å². The number of furan rings is 1. The minimum absolute atomic E-state index is 0.0165. The van der Waals surface area contributed by atoms with Crippen LogP contribution in [0.3, 0.4) is 0 Å². The van der Waals surface area contributed by atoms with E-state index in [0.717, 1.165) is 12.8 Å². The lowest BCUT2D eigenvalue weighted by Gasteiger charge is -2.01. The molecular formula is C15H16N2O4. The fourth-order valence-electron chi connectivity index (χ4n) is 1.83. The third-order valence-electron chi connectivity index (χ3n) is 3.01. The molecule has 21 heavy (non-hydrogen) atoms. The normalized spacial score (nSPS) is 10.3. The van der Waals surface area contributed by atoms with Gasteiger partial charge in [0.25, 0.3) is 11.6 Å². The van der Waals surface area contributed by atoms with Crippen LogP contribution in [0.1, 0.15) is 30.3 Å². The number of carbonyl (C=O) groups is 1. The molecule has 1 heterocycles. The molecule has 2 rings (SSSR count). The molecule has 2 aromatic rings. The third kappa shape index (κ3) is 3.68. The Kier molecular flexibility index (Phi) is 4.71. The molecule has 0 aliphatic carbocycles. The van der Waals surface area contributed by atoms with Crippen LogP contribution in [0.25, 0.3) is 11.3 Å². The molecule has 0 aliphatic heterocycles. The SMILES string of the molecule is CCCCNC(=O)c1ccc(-c2ccc([N+](=O)[O-])cc2)o1. The molecule has 0 fully saturated rings. The minimum atomic E-state index is -0.460. The quantitative estimate of drug-likeness (QED) is 0.501. The summed E-state index contributed by atoms with van der Waals surface area (Å²) in [6, 6.07) is 9.26. The predicted octanol–water partition coefficient (Wildman–Crippen LogP) is 3.38. The summed E-state index contributed by atoms with van der Waals surface area (Å²) in [4.78, 5) is 22.0. The van der Waals surface area contributed by atoms with Crippen molar-refractivity contribution in [1.29, 1.82) is 0 Å². The summed E-state index contributed by atoms with van der Waals surface area (Å²) in [5.74, 6) is 0.488. The summed E-state index contributed by atoms with van der Waals surface area (Å²) in [6.07, 6.45) is 1.92. The third-order valence-corrected chi connectivity index (χ3v) is 3.01. The zero-order chi connectivity index (χ0) is 15.2. The van der Waals surface area contributed by atoms with Crippen LogP contribution in [0.15, 0.2) is 40.8 Å². The van der Waals surface area contributed by atoms with Gasteiger partial charge in [-0.3, -0.25) is 14.9 Å². The topological polar surface area (TPSA) is 85.4 Å². The number of carbonyl (C=O) groups excluding carboxylic acids is 1. The molecule has 1 N–H and O–H groups in total. The van der Waals surface area contributed by atoms with E-state index in [1.807, 2.05) is 6.92 Å². The summed E-state index contributed by atoms with van der Waals surface area (Å²) in [7, 11) is 0. The van der Waals surface area contributed by atoms with Gasteiger partial charge in [-0.2, -0.15) is 0 Å². The van der Waals surface area contributed by atoms with Gasteiger partial charge in [0.05, 0.1) is 4.92 Å². The average Bonchev–Trinajstić information content (AvgIpc) is 2.97. The summed E-state index contributed by atoms with van der Waals surface area (Å²) >= 11 is 0. The van der Waals surface area contributed by atoms with Gasteiger partial charge >= 0.3 is 0 Å². The summed E-state index contributed by atoms with van der Waals surface area (Å²) < 4.78 is 5.48. The van der Waals surface area contributed by atoms with Crippen molar-refractivity contribution in [2.24, 2.45) is 0 Å². The molecule has 110 valence electrons. The molecule has 0 aliphatic rings. The van der Waals surface area contributed by atoms with Crippen LogP contribution in [0.4, 0.5) is 5.69 Å². The molecule has 6 nitrogen and oxygen atoms in total. The van der Waals surface area contributed by atoms with Crippen molar-refractivity contribution in [1.82, 2.24) is 5.32 Å². The van der Waals surface area contributed by atoms with Gasteiger partial charge in [0.1, 0.15) is 5.76 Å². The van der Waals surface area contributed by atoms with Crippen molar-refractivity contribution < 1.29 is 14.1 Å². The highest BCUT2D eigenvalue weighted by atomic mass is 16.6. The Hall–Kier alpha value is -2.63. The van der Waals surface area contributed by atoms with E-state index < -0.39 is 4.92 Å². The number of rotatable bonds is 6. The Labute approximate surface area is 121 Å². The first-order valence-electron chi connectivity index (χ1n) is 6.74. The van der Waals surface area contributed by atoms with Gasteiger partial charge in [0, 0.05) is 24.2 Å². The lowest BCUT2D eigenvalue weighted by molar-refractivity contribution is -0.384. The number of nitrogens with one attached hydrogen (secondary N) is 1. The lowest BCUT2D eigenvalue weighted by atomic mass is 10.1. The summed E-state index contributed by atoms with van der Waals surface area (Å²) in [5, 5.41) is 13.4. The number of non-ortho nitro benzene ring substituents is 1. The second kappa shape index (κ2) is 6.69. The van der Waals surface area contributed by atoms with Crippen LogP contribution >= 0.6 is 0 Å². The van der Waals surface area contributed by atoms with Crippen molar-refractivity contribution in [2.45, 2.75) is 19.8 Å². The van der Waals surface area contributed by atoms with E-state index in [-0.39, 0.29) is 17.4 Å². The van der Waals surface area contributed by atoms with Crippen LogP contribution in [-0.4, -0.2) is 17.4 Å². The minimum Gasteiger partial charge on any atom is -0.451 e. The zero-order valence-electron chi connectivity index (χ0n) is 11.7. The number of hydrogen-bond donors (Lipinski definition) is 1. The van der Waals surface area contributed by atoms with E-state index in [9.17, 15) is 14.9 Å². The average molecular weight is 288 g/mol. The molecule has 1 aromatic heterocycles. The van der Waals surface area contributed by atoms with Crippen LogP contribution < -0.4 is 5.32 Å². The Bertz CT molecular complexity index is 631. The fraction of sp³-hybridized carbons (Fsp3) is 0.267. The van der Waals surface area contributed by atoms with Crippen molar-refractivity contribution in [3.8, 4) is 11.3 Å². The number of amides is 1. The van der Waals surface area contributed by atoms with E-state index in [0.29, 0.717) is 17.9 Å². The maximum Gasteiger partial charge on any atom is 0.287 e. The Morgan fingerprint density at radius 3 is 2.57 bits per heavy atom. The van der Waals surface area contributed by atoms with Crippen molar-refractivity contribution in [2.75, 3.05) is 6.54 Å². The van der Waals surface area contributed by atoms with Gasteiger partial charge in [-0.15, -0.1) is 0 Å². The van der Waals surface area contributed by atoms with E-state index in [4.69, 9.17) is 4.42 Å². The Balaban J connectivity index is 2.08. The molecule has 0 spiro atoms. The fourth-order valence-corrected chi connectivity index (χ4v) is 1.83. The van der Waals surface area contributed by atoms with Crippen molar-refractivity contribution in [3.63, 3.8) is 0 Å². The summed E-state index contributed by atoms with van der Waals surface area (Å²) in [5.41, 5.74) is 0.705. The number of benzene rings is 1. The van der Waals surface area contributed by atoms with Gasteiger partial charge in [-0.25, -0.2) is 0 Å². The molecule has 6 heteroatoms. The van der Waals surface area contributed by atoms with Gasteiger partial charge < -0.3 is 9.73 Å². The maximum atomic E-state index is 11.8. The molecule has 1 aromatic carbocycles. The lowest BCUT2D eigenvalue weighted by Crippen LogP contribution is -2.23. The molecule has 0 bridgehead atoms. The number of hydrogen-bond acceptors (Lipinski definition) is 4. The van der Waals surface area contributed by atoms with Crippen molar-refractivity contribution >= 4 is 11.6 Å². The first kappa shape index (κ1) is 14.8. The molecule has 0 saturated carbocycles. The number of nitro groups is 1. The highest BCUT2D eigenvalue weighted by Crippen LogP contribution is 2.24. The number of nitrogens with zero attached hydrogens (tertiary/aromatic N) is 1. The van der Waals surface area contributed by atoms with E-state index >= 15 is 0 Å².